The number of nitrogens with zero attached hydrogens (tertiary/aromatic N) is 1. The predicted molar refractivity (Wildman–Crippen MR) is 79.6 cm³/mol. The van der Waals surface area contributed by atoms with Gasteiger partial charge in [0.2, 0.25) is 0 Å². The molecule has 0 aliphatic carbocycles. The molecule has 2 aromatic carbocycles. The van der Waals surface area contributed by atoms with Crippen LogP contribution in [0.2, 0.25) is 0 Å². The van der Waals surface area contributed by atoms with E-state index in [1.54, 1.807) is 0 Å². The van der Waals surface area contributed by atoms with Gasteiger partial charge >= 0.3 is 0 Å². The maximum Gasteiger partial charge on any atom is 0.0642 e. The highest BCUT2D eigenvalue weighted by atomic mass is 16.5. The van der Waals surface area contributed by atoms with Crippen LogP contribution in [0.4, 0.5) is 5.69 Å². The summed E-state index contributed by atoms with van der Waals surface area (Å²) >= 11 is 0. The Morgan fingerprint density at radius 1 is 0.895 bits per heavy atom. The minimum atomic E-state index is 0.833. The summed E-state index contributed by atoms with van der Waals surface area (Å²) in [6.45, 7) is 5.80. The van der Waals surface area contributed by atoms with Crippen molar-refractivity contribution in [2.75, 3.05) is 31.2 Å². The fourth-order valence-corrected chi connectivity index (χ4v) is 2.57. The lowest BCUT2D eigenvalue weighted by molar-refractivity contribution is 0.122. The maximum atomic E-state index is 5.39. The molecule has 0 N–H and O–H groups in total. The van der Waals surface area contributed by atoms with Crippen LogP contribution in [0.25, 0.3) is 11.1 Å². The second kappa shape index (κ2) is 5.45. The number of anilines is 1. The minimum absolute atomic E-state index is 0.833. The highest BCUT2D eigenvalue weighted by molar-refractivity contribution is 5.69. The number of ether oxygens (including phenoxy) is 1. The largest absolute Gasteiger partial charge is 0.378 e. The van der Waals surface area contributed by atoms with Gasteiger partial charge in [0.1, 0.15) is 0 Å². The predicted octanol–water partition coefficient (Wildman–Crippen LogP) is 3.50. The molecule has 1 aliphatic heterocycles. The molecule has 1 heterocycles. The van der Waals surface area contributed by atoms with Crippen LogP contribution in [0, 0.1) is 6.92 Å². The smallest absolute Gasteiger partial charge is 0.0642 e. The number of aryl methyl sites for hydroxylation is 1. The average Bonchev–Trinajstić information content (AvgIpc) is 2.49. The molecule has 2 heteroatoms. The zero-order valence-corrected chi connectivity index (χ0v) is 11.3. The lowest BCUT2D eigenvalue weighted by atomic mass is 10.0. The summed E-state index contributed by atoms with van der Waals surface area (Å²) in [4.78, 5) is 2.38. The van der Waals surface area contributed by atoms with Crippen LogP contribution >= 0.6 is 0 Å². The van der Waals surface area contributed by atoms with Crippen molar-refractivity contribution in [1.29, 1.82) is 0 Å². The highest BCUT2D eigenvalue weighted by Gasteiger charge is 2.11. The molecule has 2 nitrogen and oxygen atoms in total. The summed E-state index contributed by atoms with van der Waals surface area (Å²) in [6.07, 6.45) is 0. The Bertz CT molecular complexity index is 541. The van der Waals surface area contributed by atoms with E-state index in [1.165, 1.54) is 22.4 Å². The Labute approximate surface area is 114 Å². The third kappa shape index (κ3) is 2.64. The van der Waals surface area contributed by atoms with Gasteiger partial charge in [0.25, 0.3) is 0 Å². The van der Waals surface area contributed by atoms with Crippen LogP contribution < -0.4 is 4.90 Å². The van der Waals surface area contributed by atoms with Crippen molar-refractivity contribution in [3.8, 4) is 11.1 Å². The maximum absolute atomic E-state index is 5.39. The third-order valence-electron chi connectivity index (χ3n) is 3.70. The molecule has 0 radical (unpaired) electrons. The molecule has 1 fully saturated rings. The van der Waals surface area contributed by atoms with Crippen LogP contribution in [-0.4, -0.2) is 26.3 Å². The van der Waals surface area contributed by atoms with E-state index >= 15 is 0 Å². The standard InChI is InChI=1S/C17H19NO/c1-14-4-2-3-5-17(14)15-6-8-16(9-7-15)18-10-12-19-13-11-18/h2-9H,10-13H2,1H3. The Hall–Kier alpha value is -1.80. The fraction of sp³-hybridized carbons (Fsp3) is 0.294. The van der Waals surface area contributed by atoms with Gasteiger partial charge in [-0.3, -0.25) is 0 Å². The molecule has 0 unspecified atom stereocenters. The van der Waals surface area contributed by atoms with Crippen LogP contribution in [0.15, 0.2) is 48.5 Å². The van der Waals surface area contributed by atoms with Crippen LogP contribution in [-0.2, 0) is 4.74 Å². The monoisotopic (exact) mass is 253 g/mol. The Morgan fingerprint density at radius 2 is 1.58 bits per heavy atom. The van der Waals surface area contributed by atoms with Gasteiger partial charge in [-0.05, 0) is 35.7 Å². The van der Waals surface area contributed by atoms with Gasteiger partial charge in [0.05, 0.1) is 13.2 Å². The van der Waals surface area contributed by atoms with Gasteiger partial charge in [0, 0.05) is 18.8 Å². The topological polar surface area (TPSA) is 12.5 Å². The molecule has 0 bridgehead atoms. The molecule has 19 heavy (non-hydrogen) atoms. The highest BCUT2D eigenvalue weighted by Crippen LogP contribution is 2.26. The number of morpholine rings is 1. The second-order valence-electron chi connectivity index (χ2n) is 4.96. The van der Waals surface area contributed by atoms with Crippen LogP contribution in [0.5, 0.6) is 0 Å². The first-order valence-electron chi connectivity index (χ1n) is 6.83. The molecule has 2 aromatic rings. The molecule has 0 saturated carbocycles. The summed E-state index contributed by atoms with van der Waals surface area (Å²) in [7, 11) is 0. The van der Waals surface area contributed by atoms with E-state index in [0.29, 0.717) is 0 Å². The molecule has 0 spiro atoms. The second-order valence-corrected chi connectivity index (χ2v) is 4.96. The van der Waals surface area contributed by atoms with E-state index < -0.39 is 0 Å². The van der Waals surface area contributed by atoms with E-state index in [9.17, 15) is 0 Å². The Morgan fingerprint density at radius 3 is 2.26 bits per heavy atom. The molecule has 98 valence electrons. The Kier molecular flexibility index (Phi) is 3.51. The van der Waals surface area contributed by atoms with Crippen molar-refractivity contribution in [2.45, 2.75) is 6.92 Å². The third-order valence-corrected chi connectivity index (χ3v) is 3.70. The summed E-state index contributed by atoms with van der Waals surface area (Å²) in [5, 5.41) is 0. The molecule has 0 atom stereocenters. The zero-order valence-electron chi connectivity index (χ0n) is 11.3. The molecule has 1 saturated heterocycles. The molecule has 0 aromatic heterocycles. The van der Waals surface area contributed by atoms with E-state index in [2.05, 4.69) is 60.4 Å². The first-order valence-corrected chi connectivity index (χ1v) is 6.83. The number of benzene rings is 2. The number of hydrogen-bond acceptors (Lipinski definition) is 2. The summed E-state index contributed by atoms with van der Waals surface area (Å²) < 4.78 is 5.39. The fourth-order valence-electron chi connectivity index (χ4n) is 2.57. The van der Waals surface area contributed by atoms with E-state index in [0.717, 1.165) is 26.3 Å². The minimum Gasteiger partial charge on any atom is -0.378 e. The van der Waals surface area contributed by atoms with Gasteiger partial charge in [-0.2, -0.15) is 0 Å². The first kappa shape index (κ1) is 12.2. The van der Waals surface area contributed by atoms with E-state index in [4.69, 9.17) is 4.74 Å². The normalized spacial score (nSPS) is 15.5. The quantitative estimate of drug-likeness (QED) is 0.812. The molecule has 3 rings (SSSR count). The first-order chi connectivity index (χ1) is 9.34. The molecule has 0 amide bonds. The van der Waals surface area contributed by atoms with Gasteiger partial charge in [-0.15, -0.1) is 0 Å². The van der Waals surface area contributed by atoms with Crippen LogP contribution in [0.3, 0.4) is 0 Å². The van der Waals surface area contributed by atoms with Crippen molar-refractivity contribution in [3.63, 3.8) is 0 Å². The van der Waals surface area contributed by atoms with E-state index in [1.807, 2.05) is 0 Å². The van der Waals surface area contributed by atoms with E-state index in [-0.39, 0.29) is 0 Å². The van der Waals surface area contributed by atoms with Crippen molar-refractivity contribution in [2.24, 2.45) is 0 Å². The zero-order chi connectivity index (χ0) is 13.1. The molecular formula is C17H19NO. The lowest BCUT2D eigenvalue weighted by Gasteiger charge is -2.29. The van der Waals surface area contributed by atoms with Crippen molar-refractivity contribution < 1.29 is 4.74 Å². The van der Waals surface area contributed by atoms with Gasteiger partial charge in [-0.1, -0.05) is 36.4 Å². The SMILES string of the molecule is Cc1ccccc1-c1ccc(N2CCOCC2)cc1. The van der Waals surface area contributed by atoms with Crippen molar-refractivity contribution >= 4 is 5.69 Å². The van der Waals surface area contributed by atoms with Crippen LogP contribution in [0.1, 0.15) is 5.56 Å². The Balaban J connectivity index is 1.84. The summed E-state index contributed by atoms with van der Waals surface area (Å²) in [5.41, 5.74) is 5.22. The molecular weight excluding hydrogens is 234 g/mol. The number of hydrogen-bond donors (Lipinski definition) is 0. The van der Waals surface area contributed by atoms with Gasteiger partial charge in [0.15, 0.2) is 0 Å². The van der Waals surface area contributed by atoms with Crippen molar-refractivity contribution in [3.05, 3.63) is 54.1 Å². The van der Waals surface area contributed by atoms with Gasteiger partial charge in [-0.25, -0.2) is 0 Å². The van der Waals surface area contributed by atoms with Gasteiger partial charge < -0.3 is 9.64 Å². The molecule has 1 aliphatic rings. The average molecular weight is 253 g/mol. The lowest BCUT2D eigenvalue weighted by Crippen LogP contribution is -2.36. The summed E-state index contributed by atoms with van der Waals surface area (Å²) in [6, 6.07) is 17.4. The number of rotatable bonds is 2. The summed E-state index contributed by atoms with van der Waals surface area (Å²) in [5.74, 6) is 0. The van der Waals surface area contributed by atoms with Crippen molar-refractivity contribution in [1.82, 2.24) is 0 Å².